The van der Waals surface area contributed by atoms with Crippen molar-refractivity contribution in [1.29, 1.82) is 0 Å². The van der Waals surface area contributed by atoms with Gasteiger partial charge >= 0.3 is 0 Å². The van der Waals surface area contributed by atoms with Gasteiger partial charge in [-0.25, -0.2) is 0 Å². The molecule has 0 fully saturated rings. The molecule has 0 heterocycles. The minimum Gasteiger partial charge on any atom is -0.493 e. The van der Waals surface area contributed by atoms with E-state index in [1.54, 1.807) is 32.4 Å². The predicted molar refractivity (Wildman–Crippen MR) is 99.8 cm³/mol. The maximum absolute atomic E-state index is 12.1. The summed E-state index contributed by atoms with van der Waals surface area (Å²) in [7, 11) is 3.12. The molecule has 0 atom stereocenters. The van der Waals surface area contributed by atoms with Crippen LogP contribution in [-0.4, -0.2) is 39.1 Å². The number of hydrogen-bond acceptors (Lipinski definition) is 4. The molecule has 2 aromatic carbocycles. The summed E-state index contributed by atoms with van der Waals surface area (Å²) in [6, 6.07) is 12.7. The maximum Gasteiger partial charge on any atom is 0.251 e. The molecule has 2 N–H and O–H groups in total. The summed E-state index contributed by atoms with van der Waals surface area (Å²) in [5.74, 6) is 0.943. The largest absolute Gasteiger partial charge is 0.493 e. The number of amides is 2. The zero-order valence-electron chi connectivity index (χ0n) is 15.3. The summed E-state index contributed by atoms with van der Waals surface area (Å²) < 4.78 is 10.4. The van der Waals surface area contributed by atoms with Crippen molar-refractivity contribution in [3.8, 4) is 11.5 Å². The SMILES string of the molecule is COc1ccc(CC(=O)NCCNC(=O)c2ccccc2C)cc1OC. The van der Waals surface area contributed by atoms with Crippen molar-refractivity contribution in [3.63, 3.8) is 0 Å². The Labute approximate surface area is 153 Å². The van der Waals surface area contributed by atoms with E-state index in [2.05, 4.69) is 10.6 Å². The monoisotopic (exact) mass is 356 g/mol. The topological polar surface area (TPSA) is 76.7 Å². The van der Waals surface area contributed by atoms with Crippen molar-refractivity contribution < 1.29 is 19.1 Å². The molecule has 0 unspecified atom stereocenters. The Bertz CT molecular complexity index is 774. The van der Waals surface area contributed by atoms with E-state index in [-0.39, 0.29) is 18.2 Å². The number of carbonyl (C=O) groups is 2. The van der Waals surface area contributed by atoms with Crippen LogP contribution in [0.15, 0.2) is 42.5 Å². The normalized spacial score (nSPS) is 10.1. The number of carbonyl (C=O) groups excluding carboxylic acids is 2. The highest BCUT2D eigenvalue weighted by molar-refractivity contribution is 5.95. The molecule has 138 valence electrons. The molecule has 0 radical (unpaired) electrons. The van der Waals surface area contributed by atoms with Crippen molar-refractivity contribution in [2.75, 3.05) is 27.3 Å². The third-order valence-corrected chi connectivity index (χ3v) is 3.94. The van der Waals surface area contributed by atoms with E-state index in [0.29, 0.717) is 30.2 Å². The summed E-state index contributed by atoms with van der Waals surface area (Å²) in [6.45, 7) is 2.62. The molecule has 26 heavy (non-hydrogen) atoms. The minimum absolute atomic E-state index is 0.123. The van der Waals surface area contributed by atoms with Crippen LogP contribution in [0.5, 0.6) is 11.5 Å². The van der Waals surface area contributed by atoms with Crippen LogP contribution in [0.2, 0.25) is 0 Å². The Balaban J connectivity index is 1.77. The highest BCUT2D eigenvalue weighted by atomic mass is 16.5. The van der Waals surface area contributed by atoms with E-state index in [1.807, 2.05) is 31.2 Å². The van der Waals surface area contributed by atoms with Crippen LogP contribution in [0.4, 0.5) is 0 Å². The van der Waals surface area contributed by atoms with Crippen LogP contribution in [0.3, 0.4) is 0 Å². The van der Waals surface area contributed by atoms with Gasteiger partial charge in [-0.15, -0.1) is 0 Å². The third kappa shape index (κ3) is 5.24. The molecular weight excluding hydrogens is 332 g/mol. The Morgan fingerprint density at radius 1 is 0.923 bits per heavy atom. The predicted octanol–water partition coefficient (Wildman–Crippen LogP) is 2.10. The van der Waals surface area contributed by atoms with E-state index >= 15 is 0 Å². The molecule has 2 rings (SSSR count). The van der Waals surface area contributed by atoms with Gasteiger partial charge in [0.25, 0.3) is 5.91 Å². The lowest BCUT2D eigenvalue weighted by Crippen LogP contribution is -2.35. The standard InChI is InChI=1S/C20H24N2O4/c1-14-6-4-5-7-16(14)20(24)22-11-10-21-19(23)13-15-8-9-17(25-2)18(12-15)26-3/h4-9,12H,10-11,13H2,1-3H3,(H,21,23)(H,22,24). The van der Waals surface area contributed by atoms with Crippen molar-refractivity contribution in [1.82, 2.24) is 10.6 Å². The quantitative estimate of drug-likeness (QED) is 0.710. The summed E-state index contributed by atoms with van der Waals surface area (Å²) in [5.41, 5.74) is 2.38. The van der Waals surface area contributed by atoms with Crippen molar-refractivity contribution in [2.24, 2.45) is 0 Å². The van der Waals surface area contributed by atoms with Gasteiger partial charge in [0, 0.05) is 18.7 Å². The van der Waals surface area contributed by atoms with Gasteiger partial charge in [-0.1, -0.05) is 24.3 Å². The highest BCUT2D eigenvalue weighted by Crippen LogP contribution is 2.27. The second-order valence-corrected chi connectivity index (χ2v) is 5.79. The first-order chi connectivity index (χ1) is 12.5. The van der Waals surface area contributed by atoms with Crippen LogP contribution in [0.1, 0.15) is 21.5 Å². The number of aryl methyl sites for hydroxylation is 1. The molecule has 0 bridgehead atoms. The van der Waals surface area contributed by atoms with Gasteiger partial charge in [0.05, 0.1) is 20.6 Å². The summed E-state index contributed by atoms with van der Waals surface area (Å²) in [5, 5.41) is 5.60. The molecule has 6 nitrogen and oxygen atoms in total. The smallest absolute Gasteiger partial charge is 0.251 e. The van der Waals surface area contributed by atoms with Crippen molar-refractivity contribution >= 4 is 11.8 Å². The number of rotatable bonds is 8. The third-order valence-electron chi connectivity index (χ3n) is 3.94. The summed E-state index contributed by atoms with van der Waals surface area (Å²) >= 11 is 0. The highest BCUT2D eigenvalue weighted by Gasteiger charge is 2.09. The van der Waals surface area contributed by atoms with Crippen LogP contribution >= 0.6 is 0 Å². The first-order valence-electron chi connectivity index (χ1n) is 8.36. The van der Waals surface area contributed by atoms with Gasteiger partial charge in [-0.05, 0) is 36.2 Å². The zero-order valence-corrected chi connectivity index (χ0v) is 15.3. The van der Waals surface area contributed by atoms with E-state index in [0.717, 1.165) is 11.1 Å². The molecule has 6 heteroatoms. The lowest BCUT2D eigenvalue weighted by Gasteiger charge is -2.10. The second kappa shape index (κ2) is 9.46. The van der Waals surface area contributed by atoms with E-state index < -0.39 is 0 Å². The molecular formula is C20H24N2O4. The van der Waals surface area contributed by atoms with E-state index in [1.165, 1.54) is 0 Å². The van der Waals surface area contributed by atoms with Gasteiger partial charge in [-0.2, -0.15) is 0 Å². The molecule has 0 spiro atoms. The number of methoxy groups -OCH3 is 2. The first kappa shape index (κ1) is 19.3. The molecule has 0 aliphatic carbocycles. The van der Waals surface area contributed by atoms with E-state index in [9.17, 15) is 9.59 Å². The number of benzene rings is 2. The fraction of sp³-hybridized carbons (Fsp3) is 0.300. The Kier molecular flexibility index (Phi) is 7.02. The number of hydrogen-bond donors (Lipinski definition) is 2. The lowest BCUT2D eigenvalue weighted by atomic mass is 10.1. The Morgan fingerprint density at radius 2 is 1.62 bits per heavy atom. The number of ether oxygens (including phenoxy) is 2. The summed E-state index contributed by atoms with van der Waals surface area (Å²) in [4.78, 5) is 24.1. The van der Waals surface area contributed by atoms with Gasteiger partial charge in [0.15, 0.2) is 11.5 Å². The Morgan fingerprint density at radius 3 is 2.31 bits per heavy atom. The van der Waals surface area contributed by atoms with Gasteiger partial charge in [0.1, 0.15) is 0 Å². The molecule has 0 aliphatic rings. The van der Waals surface area contributed by atoms with E-state index in [4.69, 9.17) is 9.47 Å². The van der Waals surface area contributed by atoms with Crippen LogP contribution in [0.25, 0.3) is 0 Å². The molecule has 0 saturated carbocycles. The van der Waals surface area contributed by atoms with Gasteiger partial charge in [-0.3, -0.25) is 9.59 Å². The molecule has 0 saturated heterocycles. The van der Waals surface area contributed by atoms with Crippen LogP contribution in [-0.2, 0) is 11.2 Å². The molecule has 2 amide bonds. The van der Waals surface area contributed by atoms with Crippen molar-refractivity contribution in [2.45, 2.75) is 13.3 Å². The zero-order chi connectivity index (χ0) is 18.9. The lowest BCUT2D eigenvalue weighted by molar-refractivity contribution is -0.120. The minimum atomic E-state index is -0.141. The average Bonchev–Trinajstić information content (AvgIpc) is 2.65. The van der Waals surface area contributed by atoms with Gasteiger partial charge in [0.2, 0.25) is 5.91 Å². The number of nitrogens with one attached hydrogen (secondary N) is 2. The van der Waals surface area contributed by atoms with Crippen LogP contribution < -0.4 is 20.1 Å². The van der Waals surface area contributed by atoms with Crippen LogP contribution in [0, 0.1) is 6.92 Å². The average molecular weight is 356 g/mol. The Hall–Kier alpha value is -3.02. The first-order valence-corrected chi connectivity index (χ1v) is 8.36. The fourth-order valence-electron chi connectivity index (χ4n) is 2.54. The maximum atomic E-state index is 12.1. The van der Waals surface area contributed by atoms with Crippen molar-refractivity contribution in [3.05, 3.63) is 59.2 Å². The molecule has 0 aliphatic heterocycles. The molecule has 0 aromatic heterocycles. The summed E-state index contributed by atoms with van der Waals surface area (Å²) in [6.07, 6.45) is 0.228. The second-order valence-electron chi connectivity index (χ2n) is 5.79. The molecule has 2 aromatic rings. The fourth-order valence-corrected chi connectivity index (χ4v) is 2.54. The van der Waals surface area contributed by atoms with Gasteiger partial charge < -0.3 is 20.1 Å².